The first-order valence-electron chi connectivity index (χ1n) is 17.7. The zero-order chi connectivity index (χ0) is 37.6. The Morgan fingerprint density at radius 2 is 1.49 bits per heavy atom. The van der Waals surface area contributed by atoms with Gasteiger partial charge in [-0.15, -0.1) is 0 Å². The predicted molar refractivity (Wildman–Crippen MR) is 191 cm³/mol. The van der Waals surface area contributed by atoms with Gasteiger partial charge in [-0.2, -0.15) is 5.26 Å². The third-order valence-electron chi connectivity index (χ3n) is 8.12. The van der Waals surface area contributed by atoms with Crippen LogP contribution in [0.5, 0.6) is 0 Å². The Bertz CT molecular complexity index is 1130. The molecular formula is C37H62F3N5O4. The molecule has 4 unspecified atom stereocenters. The maximum absolute atomic E-state index is 13.8. The van der Waals surface area contributed by atoms with Crippen LogP contribution < -0.4 is 10.6 Å². The number of benzene rings is 1. The molecule has 0 spiro atoms. The highest BCUT2D eigenvalue weighted by Gasteiger charge is 2.62. The molecule has 1 aromatic rings. The number of carbonyl (C=O) groups excluding carboxylic acids is 4. The molecule has 0 aromatic heterocycles. The monoisotopic (exact) mass is 697 g/mol. The summed E-state index contributed by atoms with van der Waals surface area (Å²) in [5, 5.41) is 13.7. The zero-order valence-electron chi connectivity index (χ0n) is 30.8. The van der Waals surface area contributed by atoms with E-state index in [1.165, 1.54) is 17.7 Å². The van der Waals surface area contributed by atoms with E-state index >= 15 is 0 Å². The van der Waals surface area contributed by atoms with Crippen molar-refractivity contribution in [3.05, 3.63) is 30.3 Å². The summed E-state index contributed by atoms with van der Waals surface area (Å²) in [6, 6.07) is 11.6. The Hall–Kier alpha value is -3.62. The van der Waals surface area contributed by atoms with Crippen molar-refractivity contribution in [3.8, 4) is 6.07 Å². The molecule has 2 aliphatic carbocycles. The van der Waals surface area contributed by atoms with E-state index in [1.54, 1.807) is 4.90 Å². The van der Waals surface area contributed by atoms with Gasteiger partial charge in [-0.05, 0) is 49.1 Å². The molecule has 2 saturated heterocycles. The molecule has 4 atom stereocenters. The van der Waals surface area contributed by atoms with Crippen molar-refractivity contribution in [3.63, 3.8) is 0 Å². The molecule has 12 heteroatoms. The highest BCUT2D eigenvalue weighted by Crippen LogP contribution is 2.48. The van der Waals surface area contributed by atoms with Crippen LogP contribution in [0.1, 0.15) is 94.8 Å². The number of hydrogen-bond donors (Lipinski definition) is 2. The number of nitrogens with one attached hydrogen (secondary N) is 2. The first-order valence-corrected chi connectivity index (χ1v) is 17.7. The number of rotatable bonds is 6. The average molecular weight is 698 g/mol. The molecule has 5 rings (SSSR count). The minimum atomic E-state index is -3.11. The molecule has 0 radical (unpaired) electrons. The lowest BCUT2D eigenvalue weighted by molar-refractivity contribution is -0.184. The number of para-hydroxylation sites is 1. The summed E-state index contributed by atoms with van der Waals surface area (Å²) >= 11 is 0. The van der Waals surface area contributed by atoms with Gasteiger partial charge < -0.3 is 25.2 Å². The number of anilines is 1. The molecule has 0 bridgehead atoms. The summed E-state index contributed by atoms with van der Waals surface area (Å²) < 4.78 is 39.3. The normalized spacial score (nSPS) is 23.4. The Balaban J connectivity index is 0. The van der Waals surface area contributed by atoms with E-state index in [0.717, 1.165) is 30.7 Å². The summed E-state index contributed by atoms with van der Waals surface area (Å²) in [6.07, 6.45) is 4.37. The summed E-state index contributed by atoms with van der Waals surface area (Å²) in [5.74, 6) is -2.70. The van der Waals surface area contributed by atoms with Gasteiger partial charge in [-0.3, -0.25) is 14.4 Å². The predicted octanol–water partition coefficient (Wildman–Crippen LogP) is 7.13. The molecule has 280 valence electrons. The maximum atomic E-state index is 13.8. The Morgan fingerprint density at radius 3 is 1.86 bits per heavy atom. The highest BCUT2D eigenvalue weighted by molar-refractivity contribution is 5.90. The quantitative estimate of drug-likeness (QED) is 0.305. The van der Waals surface area contributed by atoms with Crippen LogP contribution in [0.25, 0.3) is 0 Å². The van der Waals surface area contributed by atoms with Crippen LogP contribution in [0.4, 0.5) is 18.9 Å². The van der Waals surface area contributed by atoms with E-state index in [4.69, 9.17) is 5.26 Å². The summed E-state index contributed by atoms with van der Waals surface area (Å²) in [4.78, 5) is 47.4. The smallest absolute Gasteiger partial charge is 0.258 e. The lowest BCUT2D eigenvalue weighted by Gasteiger charge is -2.39. The minimum Gasteiger partial charge on any atom is -0.388 e. The van der Waals surface area contributed by atoms with Gasteiger partial charge in [0.05, 0.1) is 25.5 Å². The second-order valence-corrected chi connectivity index (χ2v) is 12.9. The van der Waals surface area contributed by atoms with Crippen molar-refractivity contribution in [1.29, 1.82) is 5.26 Å². The van der Waals surface area contributed by atoms with E-state index in [2.05, 4.69) is 31.4 Å². The standard InChI is InChI=1S/C15H21F3N2O2.C7H8N2O2.C7H9N.C4H10.2C2H6.H2/c16-14(8-15(17,18)9-14)13(22)19-5-12(21)20-6-10-3-1-2-4-11(10)7-20;8-2-7-1-6(4-10)3-9(7)5-11;1-8-7-5-3-2-4-6-7;1-4(2)3;2*1-2;/h10-11H,1-9H2,(H,19,22);4-7H,1,3H2;2-6,8H,1H3;4H,1-3H3;2*1-2H3;1H. The fourth-order valence-electron chi connectivity index (χ4n) is 5.81. The van der Waals surface area contributed by atoms with Crippen LogP contribution in [-0.4, -0.2) is 85.2 Å². The number of amides is 3. The number of nitrogens with zero attached hydrogens (tertiary/aromatic N) is 3. The SMILES string of the molecule is CC.CC.CC(C)C.CNc1ccccc1.N#CC1CC(C=O)CN1C=O.O=C(CNC(=O)C1(F)CC(F)(F)C1)N1CC2CCCCC2C1.[HH]. The van der Waals surface area contributed by atoms with Crippen molar-refractivity contribution in [2.24, 2.45) is 23.7 Å². The van der Waals surface area contributed by atoms with Gasteiger partial charge in [0, 0.05) is 39.7 Å². The third kappa shape index (κ3) is 16.1. The van der Waals surface area contributed by atoms with E-state index in [0.29, 0.717) is 44.3 Å². The number of fused-ring (bicyclic) bond motifs is 1. The van der Waals surface area contributed by atoms with Gasteiger partial charge in [-0.25, -0.2) is 13.2 Å². The summed E-state index contributed by atoms with van der Waals surface area (Å²) in [7, 11) is 1.91. The largest absolute Gasteiger partial charge is 0.388 e. The number of aldehydes is 1. The zero-order valence-corrected chi connectivity index (χ0v) is 30.8. The molecule has 4 aliphatic rings. The molecule has 9 nitrogen and oxygen atoms in total. The highest BCUT2D eigenvalue weighted by atomic mass is 19.3. The number of hydrogen-bond acceptors (Lipinski definition) is 6. The molecule has 4 fully saturated rings. The topological polar surface area (TPSA) is 123 Å². The van der Waals surface area contributed by atoms with Gasteiger partial charge >= 0.3 is 0 Å². The van der Waals surface area contributed by atoms with Gasteiger partial charge in [0.1, 0.15) is 12.3 Å². The van der Waals surface area contributed by atoms with Crippen molar-refractivity contribution < 1.29 is 33.8 Å². The van der Waals surface area contributed by atoms with Gasteiger partial charge in [-0.1, -0.05) is 79.5 Å². The molecule has 2 heterocycles. The maximum Gasteiger partial charge on any atom is 0.258 e. The average Bonchev–Trinajstić information content (AvgIpc) is 3.73. The van der Waals surface area contributed by atoms with E-state index in [1.807, 2.05) is 71.1 Å². The molecule has 3 amide bonds. The first-order chi connectivity index (χ1) is 23.3. The number of likely N-dealkylation sites (tertiary alicyclic amines) is 2. The second kappa shape index (κ2) is 23.7. The molecule has 2 saturated carbocycles. The van der Waals surface area contributed by atoms with Crippen LogP contribution in [0.3, 0.4) is 0 Å². The lowest BCUT2D eigenvalue weighted by atomic mass is 9.77. The van der Waals surface area contributed by atoms with E-state index in [9.17, 15) is 32.3 Å². The Kier molecular flexibility index (Phi) is 21.9. The minimum absolute atomic E-state index is 0. The fourth-order valence-corrected chi connectivity index (χ4v) is 5.81. The second-order valence-electron chi connectivity index (χ2n) is 12.9. The van der Waals surface area contributed by atoms with E-state index < -0.39 is 36.4 Å². The lowest BCUT2D eigenvalue weighted by Crippen LogP contribution is -2.58. The number of carbonyl (C=O) groups is 4. The van der Waals surface area contributed by atoms with Crippen LogP contribution in [0, 0.1) is 35.0 Å². The van der Waals surface area contributed by atoms with E-state index in [-0.39, 0.29) is 19.8 Å². The molecular weight excluding hydrogens is 635 g/mol. The third-order valence-corrected chi connectivity index (χ3v) is 8.12. The van der Waals surface area contributed by atoms with Gasteiger partial charge in [0.15, 0.2) is 5.67 Å². The van der Waals surface area contributed by atoms with Gasteiger partial charge in [0.25, 0.3) is 11.8 Å². The number of nitriles is 1. The van der Waals surface area contributed by atoms with Crippen molar-refractivity contribution in [2.45, 2.75) is 111 Å². The van der Waals surface area contributed by atoms with Crippen LogP contribution in [-0.2, 0) is 19.2 Å². The molecule has 2 aliphatic heterocycles. The molecule has 1 aromatic carbocycles. The Labute approximate surface area is 293 Å². The van der Waals surface area contributed by atoms with Crippen molar-refractivity contribution >= 4 is 30.2 Å². The van der Waals surface area contributed by atoms with Crippen molar-refractivity contribution in [1.82, 2.24) is 15.1 Å². The summed E-state index contributed by atoms with van der Waals surface area (Å²) in [5.41, 5.74) is -1.37. The molecule has 2 N–H and O–H groups in total. The molecule has 49 heavy (non-hydrogen) atoms. The van der Waals surface area contributed by atoms with Gasteiger partial charge in [0.2, 0.25) is 12.3 Å². The first kappa shape index (κ1) is 45.4. The van der Waals surface area contributed by atoms with Crippen LogP contribution >= 0.6 is 0 Å². The van der Waals surface area contributed by atoms with Crippen LogP contribution in [0.2, 0.25) is 0 Å². The van der Waals surface area contributed by atoms with Crippen LogP contribution in [0.15, 0.2) is 30.3 Å². The van der Waals surface area contributed by atoms with Crippen molar-refractivity contribution in [2.75, 3.05) is 38.5 Å². The number of halogens is 3. The summed E-state index contributed by atoms with van der Waals surface area (Å²) in [6.45, 7) is 16.0. The Morgan fingerprint density at radius 1 is 0.980 bits per heavy atom. The number of alkyl halides is 3. The fraction of sp³-hybridized carbons (Fsp3) is 0.703.